The Morgan fingerprint density at radius 2 is 2.12 bits per heavy atom. The Balaban J connectivity index is 1.45. The molecule has 1 aliphatic rings. The molecular weight excluding hydrogens is 418 g/mol. The normalized spacial score (nSPS) is 17.1. The van der Waals surface area contributed by atoms with Gasteiger partial charge in [0.1, 0.15) is 17.0 Å². The van der Waals surface area contributed by atoms with Crippen LogP contribution in [0.15, 0.2) is 24.5 Å². The Labute approximate surface area is 181 Å². The van der Waals surface area contributed by atoms with Gasteiger partial charge in [-0.15, -0.1) is 0 Å². The highest BCUT2D eigenvalue weighted by molar-refractivity contribution is 5.93. The van der Waals surface area contributed by atoms with Crippen molar-refractivity contribution in [1.82, 2.24) is 34.4 Å². The van der Waals surface area contributed by atoms with Crippen LogP contribution in [0.4, 0.5) is 14.7 Å². The molecule has 5 heterocycles. The number of likely N-dealkylation sites (N-methyl/N-ethyl adjacent to an activating group) is 1. The summed E-state index contributed by atoms with van der Waals surface area (Å²) < 4.78 is 27.5. The van der Waals surface area contributed by atoms with Gasteiger partial charge in [0.25, 0.3) is 6.43 Å². The molecule has 0 radical (unpaired) electrons. The summed E-state index contributed by atoms with van der Waals surface area (Å²) in [5.41, 5.74) is 3.03. The van der Waals surface area contributed by atoms with E-state index in [1.165, 1.54) is 4.57 Å². The summed E-state index contributed by atoms with van der Waals surface area (Å²) in [6.07, 6.45) is 2.23. The molecule has 9 nitrogen and oxygen atoms in total. The van der Waals surface area contributed by atoms with Crippen LogP contribution in [0.25, 0.3) is 33.5 Å². The third-order valence-electron chi connectivity index (χ3n) is 5.77. The van der Waals surface area contributed by atoms with Crippen LogP contribution >= 0.6 is 0 Å². The molecule has 1 saturated heterocycles. The number of anilines is 1. The van der Waals surface area contributed by atoms with Gasteiger partial charge in [0.15, 0.2) is 5.65 Å². The molecule has 32 heavy (non-hydrogen) atoms. The van der Waals surface area contributed by atoms with Crippen LogP contribution in [0.5, 0.6) is 0 Å². The van der Waals surface area contributed by atoms with Crippen LogP contribution in [-0.2, 0) is 11.3 Å². The van der Waals surface area contributed by atoms with Crippen LogP contribution in [0.1, 0.15) is 18.7 Å². The number of H-pyrrole nitrogens is 1. The molecule has 1 fully saturated rings. The molecular formula is C21H22F2N8O. The molecule has 0 unspecified atom stereocenters. The van der Waals surface area contributed by atoms with Crippen molar-refractivity contribution in [2.45, 2.75) is 38.8 Å². The first-order valence-corrected chi connectivity index (χ1v) is 10.4. The number of fused-ring (bicyclic) bond motifs is 2. The highest BCUT2D eigenvalue weighted by Gasteiger charge is 2.23. The van der Waals surface area contributed by atoms with Gasteiger partial charge in [0, 0.05) is 49.4 Å². The molecule has 166 valence electrons. The number of aryl methyl sites for hydroxylation is 1. The minimum atomic E-state index is -2.49. The minimum Gasteiger partial charge on any atom is -0.350 e. The Morgan fingerprint density at radius 1 is 1.28 bits per heavy atom. The van der Waals surface area contributed by atoms with E-state index in [-0.39, 0.29) is 11.9 Å². The average Bonchev–Trinajstić information content (AvgIpc) is 3.31. The fraction of sp³-hybridized carbons (Fsp3) is 0.381. The third kappa shape index (κ3) is 3.63. The first-order valence-electron chi connectivity index (χ1n) is 10.4. The van der Waals surface area contributed by atoms with Crippen LogP contribution < -0.4 is 5.32 Å². The first-order chi connectivity index (χ1) is 15.4. The molecule has 0 saturated carbocycles. The Bertz CT molecular complexity index is 1310. The van der Waals surface area contributed by atoms with Crippen molar-refractivity contribution in [1.29, 1.82) is 0 Å². The molecule has 4 aromatic rings. The average molecular weight is 440 g/mol. The number of carbonyl (C=O) groups excluding carboxylic acids is 1. The highest BCUT2D eigenvalue weighted by atomic mass is 19.3. The number of nitrogens with zero attached hydrogens (tertiary/aromatic N) is 6. The summed E-state index contributed by atoms with van der Waals surface area (Å²) in [5, 5.41) is 4.06. The van der Waals surface area contributed by atoms with Crippen molar-refractivity contribution in [2.75, 3.05) is 18.9 Å². The van der Waals surface area contributed by atoms with Crippen LogP contribution in [0.2, 0.25) is 0 Å². The molecule has 0 aromatic carbocycles. The zero-order valence-electron chi connectivity index (χ0n) is 17.6. The third-order valence-corrected chi connectivity index (χ3v) is 5.77. The number of imidazole rings is 1. The summed E-state index contributed by atoms with van der Waals surface area (Å²) >= 11 is 0. The maximum absolute atomic E-state index is 13.0. The summed E-state index contributed by atoms with van der Waals surface area (Å²) in [6.45, 7) is 1.84. The van der Waals surface area contributed by atoms with Crippen molar-refractivity contribution in [3.05, 3.63) is 30.4 Å². The van der Waals surface area contributed by atoms with Gasteiger partial charge in [-0.05, 0) is 25.5 Å². The number of amides is 1. The molecule has 1 atom stereocenters. The first kappa shape index (κ1) is 20.3. The molecule has 0 bridgehead atoms. The predicted octanol–water partition coefficient (Wildman–Crippen LogP) is 2.98. The Morgan fingerprint density at radius 3 is 2.91 bits per heavy atom. The molecule has 0 spiro atoms. The van der Waals surface area contributed by atoms with Crippen LogP contribution in [-0.4, -0.2) is 66.4 Å². The Hall–Kier alpha value is -3.63. The van der Waals surface area contributed by atoms with Crippen molar-refractivity contribution in [3.8, 4) is 11.3 Å². The monoisotopic (exact) mass is 440 g/mol. The lowest BCUT2D eigenvalue weighted by molar-refractivity contribution is -0.132. The van der Waals surface area contributed by atoms with E-state index in [1.54, 1.807) is 37.3 Å². The zero-order valence-corrected chi connectivity index (χ0v) is 17.6. The van der Waals surface area contributed by atoms with E-state index in [2.05, 4.69) is 30.2 Å². The molecule has 0 aliphatic carbocycles. The van der Waals surface area contributed by atoms with Gasteiger partial charge in [-0.2, -0.15) is 4.98 Å². The van der Waals surface area contributed by atoms with E-state index in [0.29, 0.717) is 47.2 Å². The van der Waals surface area contributed by atoms with Crippen molar-refractivity contribution < 1.29 is 13.6 Å². The number of aromatic amines is 1. The standard InChI is InChI=1S/C21H22F2N8O/c1-11-26-16-5-4-15(28-20(16)31(11)10-17(22)23)13-7-24-19-14(13)8-25-21(29-19)27-12-3-6-18(32)30(2)9-12/h4-5,7-8,12,17H,3,6,9-10H2,1-2H3,(H2,24,25,27,29)/t12-/m0/s1. The number of carbonyl (C=O) groups is 1. The number of hydrogen-bond acceptors (Lipinski definition) is 6. The lowest BCUT2D eigenvalue weighted by Crippen LogP contribution is -2.43. The van der Waals surface area contributed by atoms with E-state index < -0.39 is 13.0 Å². The van der Waals surface area contributed by atoms with Gasteiger partial charge in [-0.25, -0.2) is 23.7 Å². The molecule has 4 aromatic heterocycles. The lowest BCUT2D eigenvalue weighted by Gasteiger charge is -2.30. The summed E-state index contributed by atoms with van der Waals surface area (Å²) in [7, 11) is 1.79. The molecule has 5 rings (SSSR count). The minimum absolute atomic E-state index is 0.0898. The largest absolute Gasteiger partial charge is 0.350 e. The summed E-state index contributed by atoms with van der Waals surface area (Å²) in [5.74, 6) is 1.12. The second-order valence-electron chi connectivity index (χ2n) is 8.01. The van der Waals surface area contributed by atoms with Crippen LogP contribution in [0.3, 0.4) is 0 Å². The predicted molar refractivity (Wildman–Crippen MR) is 115 cm³/mol. The van der Waals surface area contributed by atoms with E-state index in [0.717, 1.165) is 17.4 Å². The fourth-order valence-corrected chi connectivity index (χ4v) is 4.12. The molecule has 1 aliphatic heterocycles. The van der Waals surface area contributed by atoms with Crippen LogP contribution in [0, 0.1) is 6.92 Å². The number of piperidine rings is 1. The maximum atomic E-state index is 13.0. The zero-order chi connectivity index (χ0) is 22.4. The van der Waals surface area contributed by atoms with Crippen molar-refractivity contribution in [2.24, 2.45) is 0 Å². The number of halogens is 2. The topological polar surface area (TPSA) is 105 Å². The second kappa shape index (κ2) is 7.81. The van der Waals surface area contributed by atoms with E-state index in [9.17, 15) is 13.6 Å². The van der Waals surface area contributed by atoms with Gasteiger partial charge in [-0.3, -0.25) is 4.79 Å². The Kier molecular flexibility index (Phi) is 4.95. The van der Waals surface area contributed by atoms with E-state index >= 15 is 0 Å². The quantitative estimate of drug-likeness (QED) is 0.494. The molecule has 2 N–H and O–H groups in total. The lowest BCUT2D eigenvalue weighted by atomic mass is 10.1. The SMILES string of the molecule is Cc1nc2ccc(-c3c[nH]c4nc(N[C@H]5CCC(=O)N(C)C5)ncc34)nc2n1CC(F)F. The van der Waals surface area contributed by atoms with Gasteiger partial charge in [0.05, 0.1) is 12.2 Å². The van der Waals surface area contributed by atoms with Crippen molar-refractivity contribution in [3.63, 3.8) is 0 Å². The number of nitrogens with one attached hydrogen (secondary N) is 2. The summed E-state index contributed by atoms with van der Waals surface area (Å²) in [4.78, 5) is 34.5. The van der Waals surface area contributed by atoms with Gasteiger partial charge in [-0.1, -0.05) is 0 Å². The van der Waals surface area contributed by atoms with Crippen molar-refractivity contribution >= 4 is 34.1 Å². The highest BCUT2D eigenvalue weighted by Crippen LogP contribution is 2.28. The molecule has 1 amide bonds. The number of aromatic nitrogens is 6. The number of likely N-dealkylation sites (tertiary alicyclic amines) is 1. The number of pyridine rings is 1. The molecule has 11 heteroatoms. The van der Waals surface area contributed by atoms with Gasteiger partial charge >= 0.3 is 0 Å². The second-order valence-corrected chi connectivity index (χ2v) is 8.01. The smallest absolute Gasteiger partial charge is 0.256 e. The number of hydrogen-bond donors (Lipinski definition) is 2. The maximum Gasteiger partial charge on any atom is 0.256 e. The van der Waals surface area contributed by atoms with E-state index in [4.69, 9.17) is 0 Å². The fourth-order valence-electron chi connectivity index (χ4n) is 4.12. The van der Waals surface area contributed by atoms with Gasteiger partial charge in [0.2, 0.25) is 11.9 Å². The number of alkyl halides is 2. The summed E-state index contributed by atoms with van der Waals surface area (Å²) in [6, 6.07) is 3.68. The van der Waals surface area contributed by atoms with E-state index in [1.807, 2.05) is 6.07 Å². The van der Waals surface area contributed by atoms with Gasteiger partial charge < -0.3 is 19.8 Å². The number of rotatable bonds is 5.